The molecule has 84 valence electrons. The summed E-state index contributed by atoms with van der Waals surface area (Å²) >= 11 is 8.85. The van der Waals surface area contributed by atoms with Gasteiger partial charge in [0.2, 0.25) is 0 Å². The van der Waals surface area contributed by atoms with Crippen molar-refractivity contribution in [3.05, 3.63) is 29.8 Å². The lowest BCUT2D eigenvalue weighted by atomic mass is 10.0. The number of benzene rings is 2. The number of thiol groups is 2. The Morgan fingerprint density at radius 1 is 1.19 bits per heavy atom. The molecule has 2 aromatic carbocycles. The van der Waals surface area contributed by atoms with Crippen LogP contribution in [0.15, 0.2) is 34.1 Å². The van der Waals surface area contributed by atoms with Crippen LogP contribution in [0.25, 0.3) is 10.8 Å². The minimum Gasteiger partial charge on any atom is -0.397 e. The van der Waals surface area contributed by atoms with E-state index in [1.807, 2.05) is 18.2 Å². The van der Waals surface area contributed by atoms with Crippen molar-refractivity contribution in [3.63, 3.8) is 0 Å². The highest BCUT2D eigenvalue weighted by Crippen LogP contribution is 2.32. The second-order valence-electron chi connectivity index (χ2n) is 3.95. The van der Waals surface area contributed by atoms with Crippen LogP contribution in [0.1, 0.15) is 18.9 Å². The maximum absolute atomic E-state index is 6.10. The lowest BCUT2D eigenvalue weighted by molar-refractivity contribution is 0.905. The first-order valence-corrected chi connectivity index (χ1v) is 6.26. The van der Waals surface area contributed by atoms with Gasteiger partial charge in [0.1, 0.15) is 0 Å². The molecule has 16 heavy (non-hydrogen) atoms. The van der Waals surface area contributed by atoms with Crippen LogP contribution in [0, 0.1) is 0 Å². The first-order chi connectivity index (χ1) is 7.63. The van der Waals surface area contributed by atoms with E-state index in [-0.39, 0.29) is 0 Å². The first-order valence-electron chi connectivity index (χ1n) is 5.36. The molecular weight excluding hydrogens is 234 g/mol. The van der Waals surface area contributed by atoms with Crippen molar-refractivity contribution in [1.29, 1.82) is 0 Å². The maximum Gasteiger partial charge on any atom is 0.0532 e. The van der Waals surface area contributed by atoms with Crippen LogP contribution in [0.3, 0.4) is 0 Å². The fourth-order valence-corrected chi connectivity index (χ4v) is 2.44. The van der Waals surface area contributed by atoms with Gasteiger partial charge in [0.15, 0.2) is 0 Å². The standard InChI is InChI=1S/C13H15NS2/c1-2-3-8-6-9-7-10(15)4-5-11(9)12(14)13(8)16/h4-7,15-16H,2-3,14H2,1H3. The molecule has 0 bridgehead atoms. The number of hydrogen-bond donors (Lipinski definition) is 3. The summed E-state index contributed by atoms with van der Waals surface area (Å²) in [5, 5.41) is 2.20. The molecule has 0 aliphatic carbocycles. The molecule has 0 aliphatic heterocycles. The van der Waals surface area contributed by atoms with Gasteiger partial charge in [-0.2, -0.15) is 0 Å². The van der Waals surface area contributed by atoms with E-state index in [2.05, 4.69) is 38.2 Å². The van der Waals surface area contributed by atoms with Crippen molar-refractivity contribution in [1.82, 2.24) is 0 Å². The van der Waals surface area contributed by atoms with E-state index in [4.69, 9.17) is 5.73 Å². The Labute approximate surface area is 107 Å². The highest BCUT2D eigenvalue weighted by molar-refractivity contribution is 7.80. The number of rotatable bonds is 2. The molecule has 0 heterocycles. The zero-order valence-electron chi connectivity index (χ0n) is 9.20. The highest BCUT2D eigenvalue weighted by atomic mass is 32.1. The molecule has 2 aromatic rings. The van der Waals surface area contributed by atoms with Crippen LogP contribution in [0.5, 0.6) is 0 Å². The summed E-state index contributed by atoms with van der Waals surface area (Å²) in [7, 11) is 0. The summed E-state index contributed by atoms with van der Waals surface area (Å²) in [6.07, 6.45) is 2.11. The lowest BCUT2D eigenvalue weighted by Crippen LogP contribution is -1.95. The second-order valence-corrected chi connectivity index (χ2v) is 4.92. The predicted molar refractivity (Wildman–Crippen MR) is 76.9 cm³/mol. The summed E-state index contributed by atoms with van der Waals surface area (Å²) in [6.45, 7) is 2.16. The van der Waals surface area contributed by atoms with Gasteiger partial charge in [-0.15, -0.1) is 25.3 Å². The Bertz CT molecular complexity index is 535. The highest BCUT2D eigenvalue weighted by Gasteiger charge is 2.07. The number of anilines is 1. The first kappa shape index (κ1) is 11.7. The van der Waals surface area contributed by atoms with Crippen LogP contribution in [0.4, 0.5) is 5.69 Å². The average Bonchev–Trinajstić information content (AvgIpc) is 2.25. The Morgan fingerprint density at radius 2 is 1.94 bits per heavy atom. The zero-order valence-corrected chi connectivity index (χ0v) is 11.0. The van der Waals surface area contributed by atoms with Crippen molar-refractivity contribution >= 4 is 41.7 Å². The molecule has 0 amide bonds. The molecule has 0 atom stereocenters. The molecule has 0 saturated carbocycles. The van der Waals surface area contributed by atoms with Gasteiger partial charge in [-0.1, -0.05) is 19.4 Å². The number of aryl methyl sites for hydroxylation is 1. The topological polar surface area (TPSA) is 26.0 Å². The third-order valence-electron chi connectivity index (χ3n) is 2.73. The smallest absolute Gasteiger partial charge is 0.0532 e. The maximum atomic E-state index is 6.10. The second kappa shape index (κ2) is 4.60. The molecular formula is C13H15NS2. The van der Waals surface area contributed by atoms with Crippen LogP contribution in [-0.4, -0.2) is 0 Å². The van der Waals surface area contributed by atoms with Crippen molar-refractivity contribution < 1.29 is 0 Å². The largest absolute Gasteiger partial charge is 0.397 e. The van der Waals surface area contributed by atoms with E-state index in [1.54, 1.807) is 0 Å². The molecule has 0 unspecified atom stereocenters. The van der Waals surface area contributed by atoms with Gasteiger partial charge >= 0.3 is 0 Å². The Balaban J connectivity index is 2.72. The van der Waals surface area contributed by atoms with Crippen molar-refractivity contribution in [2.45, 2.75) is 29.6 Å². The van der Waals surface area contributed by atoms with Crippen LogP contribution in [0.2, 0.25) is 0 Å². The lowest BCUT2D eigenvalue weighted by Gasteiger charge is -2.11. The molecule has 1 nitrogen and oxygen atoms in total. The number of nitrogen functional groups attached to an aromatic ring is 1. The average molecular weight is 249 g/mol. The molecule has 0 saturated heterocycles. The van der Waals surface area contributed by atoms with E-state index in [1.165, 1.54) is 5.56 Å². The number of fused-ring (bicyclic) bond motifs is 1. The van der Waals surface area contributed by atoms with Crippen molar-refractivity contribution in [3.8, 4) is 0 Å². The molecule has 0 spiro atoms. The number of nitrogens with two attached hydrogens (primary N) is 1. The minimum absolute atomic E-state index is 0.776. The van der Waals surface area contributed by atoms with Gasteiger partial charge in [-0.05, 0) is 35.6 Å². The zero-order chi connectivity index (χ0) is 11.7. The van der Waals surface area contributed by atoms with Gasteiger partial charge in [0, 0.05) is 15.2 Å². The van der Waals surface area contributed by atoms with E-state index >= 15 is 0 Å². The van der Waals surface area contributed by atoms with Crippen LogP contribution in [-0.2, 0) is 6.42 Å². The summed E-state index contributed by atoms with van der Waals surface area (Å²) in [5.41, 5.74) is 8.09. The molecule has 2 rings (SSSR count). The SMILES string of the molecule is CCCc1cc2cc(S)ccc2c(N)c1S. The van der Waals surface area contributed by atoms with Gasteiger partial charge in [-0.25, -0.2) is 0 Å². The normalized spacial score (nSPS) is 10.9. The van der Waals surface area contributed by atoms with Crippen LogP contribution >= 0.6 is 25.3 Å². The Kier molecular flexibility index (Phi) is 3.36. The monoisotopic (exact) mass is 249 g/mol. The molecule has 0 aromatic heterocycles. The molecule has 0 radical (unpaired) electrons. The van der Waals surface area contributed by atoms with E-state index in [0.717, 1.165) is 39.1 Å². The van der Waals surface area contributed by atoms with Gasteiger partial charge in [-0.3, -0.25) is 0 Å². The summed E-state index contributed by atoms with van der Waals surface area (Å²) in [5.74, 6) is 0. The summed E-state index contributed by atoms with van der Waals surface area (Å²) in [6, 6.07) is 8.16. The molecule has 2 N–H and O–H groups in total. The fraction of sp³-hybridized carbons (Fsp3) is 0.231. The summed E-state index contributed by atoms with van der Waals surface area (Å²) < 4.78 is 0. The van der Waals surface area contributed by atoms with Crippen LogP contribution < -0.4 is 5.73 Å². The van der Waals surface area contributed by atoms with Gasteiger partial charge in [0.25, 0.3) is 0 Å². The third-order valence-corrected chi connectivity index (χ3v) is 3.54. The Morgan fingerprint density at radius 3 is 2.62 bits per heavy atom. The van der Waals surface area contributed by atoms with E-state index < -0.39 is 0 Å². The fourth-order valence-electron chi connectivity index (χ4n) is 1.93. The van der Waals surface area contributed by atoms with Crippen molar-refractivity contribution in [2.75, 3.05) is 5.73 Å². The van der Waals surface area contributed by atoms with Gasteiger partial charge in [0.05, 0.1) is 5.69 Å². The minimum atomic E-state index is 0.776. The Hall–Kier alpha value is -0.800. The van der Waals surface area contributed by atoms with E-state index in [0.29, 0.717) is 0 Å². The molecule has 3 heteroatoms. The molecule has 0 fully saturated rings. The van der Waals surface area contributed by atoms with E-state index in [9.17, 15) is 0 Å². The summed E-state index contributed by atoms with van der Waals surface area (Å²) in [4.78, 5) is 1.88. The quantitative estimate of drug-likeness (QED) is 0.545. The molecule has 0 aliphatic rings. The van der Waals surface area contributed by atoms with Gasteiger partial charge < -0.3 is 5.73 Å². The third kappa shape index (κ3) is 2.02. The number of hydrogen-bond acceptors (Lipinski definition) is 3. The van der Waals surface area contributed by atoms with Crippen molar-refractivity contribution in [2.24, 2.45) is 0 Å². The predicted octanol–water partition coefficient (Wildman–Crippen LogP) is 3.95.